The predicted octanol–water partition coefficient (Wildman–Crippen LogP) is 0.768. The van der Waals surface area contributed by atoms with Crippen LogP contribution < -0.4 is 5.73 Å². The van der Waals surface area contributed by atoms with Crippen molar-refractivity contribution in [3.8, 4) is 0 Å². The molecule has 1 aliphatic heterocycles. The molecule has 1 fully saturated rings. The molecule has 1 rings (SSSR count). The lowest BCUT2D eigenvalue weighted by molar-refractivity contribution is -0.149. The lowest BCUT2D eigenvalue weighted by atomic mass is 10.0. The topological polar surface area (TPSA) is 49.6 Å². The SMILES string of the molecule is CC(C)(N)C(=O)N1CCN(CC(F)(F)C(F)F)CC1. The van der Waals surface area contributed by atoms with E-state index in [1.807, 2.05) is 0 Å². The summed E-state index contributed by atoms with van der Waals surface area (Å²) in [4.78, 5) is 14.5. The van der Waals surface area contributed by atoms with Gasteiger partial charge in [0, 0.05) is 26.2 Å². The Morgan fingerprint density at radius 1 is 1.21 bits per heavy atom. The Kier molecular flexibility index (Phi) is 4.78. The van der Waals surface area contributed by atoms with Crippen molar-refractivity contribution in [1.29, 1.82) is 0 Å². The van der Waals surface area contributed by atoms with E-state index in [9.17, 15) is 22.4 Å². The fraction of sp³-hybridized carbons (Fsp3) is 0.909. The maximum Gasteiger partial charge on any atom is 0.319 e. The van der Waals surface area contributed by atoms with Crippen LogP contribution >= 0.6 is 0 Å². The average molecular weight is 285 g/mol. The molecule has 2 N–H and O–H groups in total. The first kappa shape index (κ1) is 16.2. The molecule has 0 spiro atoms. The summed E-state index contributed by atoms with van der Waals surface area (Å²) in [6.45, 7) is 2.86. The van der Waals surface area contributed by atoms with Gasteiger partial charge in [-0.2, -0.15) is 8.78 Å². The number of amides is 1. The van der Waals surface area contributed by atoms with Crippen LogP contribution in [0.4, 0.5) is 17.6 Å². The van der Waals surface area contributed by atoms with Gasteiger partial charge in [-0.3, -0.25) is 9.69 Å². The molecule has 0 aromatic rings. The summed E-state index contributed by atoms with van der Waals surface area (Å²) in [5.74, 6) is -4.29. The number of alkyl halides is 4. The summed E-state index contributed by atoms with van der Waals surface area (Å²) >= 11 is 0. The predicted molar refractivity (Wildman–Crippen MR) is 62.2 cm³/mol. The highest BCUT2D eigenvalue weighted by molar-refractivity contribution is 5.85. The molecule has 1 saturated heterocycles. The van der Waals surface area contributed by atoms with Gasteiger partial charge in [0.25, 0.3) is 0 Å². The lowest BCUT2D eigenvalue weighted by Crippen LogP contribution is -2.58. The van der Waals surface area contributed by atoms with Gasteiger partial charge in [-0.25, -0.2) is 8.78 Å². The number of nitrogens with two attached hydrogens (primary N) is 1. The highest BCUT2D eigenvalue weighted by Crippen LogP contribution is 2.24. The molecule has 1 aliphatic rings. The summed E-state index contributed by atoms with van der Waals surface area (Å²) in [6, 6.07) is 0. The first-order chi connectivity index (χ1) is 8.54. The second-order valence-corrected chi connectivity index (χ2v) is 5.35. The third kappa shape index (κ3) is 4.31. The van der Waals surface area contributed by atoms with E-state index in [2.05, 4.69) is 0 Å². The van der Waals surface area contributed by atoms with Gasteiger partial charge >= 0.3 is 12.3 Å². The van der Waals surface area contributed by atoms with Crippen molar-refractivity contribution in [1.82, 2.24) is 9.80 Å². The molecule has 112 valence electrons. The van der Waals surface area contributed by atoms with E-state index in [0.29, 0.717) is 0 Å². The smallest absolute Gasteiger partial charge is 0.319 e. The van der Waals surface area contributed by atoms with Crippen molar-refractivity contribution in [3.05, 3.63) is 0 Å². The Balaban J connectivity index is 2.48. The minimum absolute atomic E-state index is 0.143. The van der Waals surface area contributed by atoms with E-state index in [-0.39, 0.29) is 32.1 Å². The van der Waals surface area contributed by atoms with E-state index < -0.39 is 24.4 Å². The van der Waals surface area contributed by atoms with Gasteiger partial charge in [-0.1, -0.05) is 0 Å². The van der Waals surface area contributed by atoms with Crippen molar-refractivity contribution in [3.63, 3.8) is 0 Å². The molecule has 1 amide bonds. The molecule has 0 saturated carbocycles. The number of carbonyl (C=O) groups is 1. The summed E-state index contributed by atoms with van der Waals surface area (Å²) < 4.78 is 49.9. The number of rotatable bonds is 4. The van der Waals surface area contributed by atoms with Crippen molar-refractivity contribution >= 4 is 5.91 Å². The third-order valence-corrected chi connectivity index (χ3v) is 2.96. The van der Waals surface area contributed by atoms with Gasteiger partial charge in [-0.05, 0) is 13.8 Å². The maximum absolute atomic E-state index is 12.9. The number of hydrogen-bond donors (Lipinski definition) is 1. The largest absolute Gasteiger partial charge is 0.339 e. The van der Waals surface area contributed by atoms with Crippen LogP contribution in [0.15, 0.2) is 0 Å². The van der Waals surface area contributed by atoms with Crippen LogP contribution in [0, 0.1) is 0 Å². The lowest BCUT2D eigenvalue weighted by Gasteiger charge is -2.38. The van der Waals surface area contributed by atoms with Gasteiger partial charge in [0.1, 0.15) is 0 Å². The Morgan fingerprint density at radius 2 is 1.68 bits per heavy atom. The van der Waals surface area contributed by atoms with Gasteiger partial charge in [0.15, 0.2) is 0 Å². The van der Waals surface area contributed by atoms with E-state index in [0.717, 1.165) is 0 Å². The van der Waals surface area contributed by atoms with Crippen LogP contribution in [0.1, 0.15) is 13.8 Å². The normalized spacial score (nSPS) is 19.1. The van der Waals surface area contributed by atoms with Gasteiger partial charge in [0.2, 0.25) is 5.91 Å². The van der Waals surface area contributed by atoms with Crippen LogP contribution in [0.3, 0.4) is 0 Å². The molecule has 8 heteroatoms. The van der Waals surface area contributed by atoms with Crippen molar-refractivity contribution in [2.75, 3.05) is 32.7 Å². The molecular formula is C11H19F4N3O. The first-order valence-electron chi connectivity index (χ1n) is 6.00. The van der Waals surface area contributed by atoms with E-state index in [1.54, 1.807) is 13.8 Å². The molecule has 0 radical (unpaired) electrons. The Morgan fingerprint density at radius 3 is 2.05 bits per heavy atom. The summed E-state index contributed by atoms with van der Waals surface area (Å²) in [5, 5.41) is 0. The van der Waals surface area contributed by atoms with Crippen LogP contribution in [0.5, 0.6) is 0 Å². The summed E-state index contributed by atoms with van der Waals surface area (Å²) in [5.41, 5.74) is 4.64. The second-order valence-electron chi connectivity index (χ2n) is 5.35. The number of piperazine rings is 1. The highest BCUT2D eigenvalue weighted by atomic mass is 19.3. The number of hydrogen-bond acceptors (Lipinski definition) is 3. The molecule has 0 bridgehead atoms. The fourth-order valence-electron chi connectivity index (χ4n) is 1.88. The third-order valence-electron chi connectivity index (χ3n) is 2.96. The van der Waals surface area contributed by atoms with E-state index >= 15 is 0 Å². The minimum Gasteiger partial charge on any atom is -0.339 e. The number of halogens is 4. The van der Waals surface area contributed by atoms with Gasteiger partial charge < -0.3 is 10.6 Å². The quantitative estimate of drug-likeness (QED) is 0.776. The summed E-state index contributed by atoms with van der Waals surface area (Å²) in [6.07, 6.45) is -3.67. The Hall–Kier alpha value is -0.890. The molecule has 19 heavy (non-hydrogen) atoms. The van der Waals surface area contributed by atoms with Crippen LogP contribution in [0.2, 0.25) is 0 Å². The molecule has 1 heterocycles. The number of nitrogens with zero attached hydrogens (tertiary/aromatic N) is 2. The van der Waals surface area contributed by atoms with Crippen molar-refractivity contribution in [2.45, 2.75) is 31.7 Å². The van der Waals surface area contributed by atoms with Crippen molar-refractivity contribution < 1.29 is 22.4 Å². The molecular weight excluding hydrogens is 266 g/mol. The molecule has 0 atom stereocenters. The monoisotopic (exact) mass is 285 g/mol. The zero-order valence-corrected chi connectivity index (χ0v) is 11.0. The second kappa shape index (κ2) is 5.62. The minimum atomic E-state index is -4.01. The van der Waals surface area contributed by atoms with Crippen LogP contribution in [-0.4, -0.2) is 66.3 Å². The standard InChI is InChI=1S/C11H19F4N3O/c1-10(2,16)9(19)18-5-3-17(4-6-18)7-11(14,15)8(12)13/h8H,3-7,16H2,1-2H3. The van der Waals surface area contributed by atoms with Crippen LogP contribution in [0.25, 0.3) is 0 Å². The van der Waals surface area contributed by atoms with Gasteiger partial charge in [-0.15, -0.1) is 0 Å². The molecule has 0 aliphatic carbocycles. The van der Waals surface area contributed by atoms with Crippen LogP contribution in [-0.2, 0) is 4.79 Å². The molecule has 0 aromatic heterocycles. The Labute approximate surface area is 109 Å². The highest BCUT2D eigenvalue weighted by Gasteiger charge is 2.43. The zero-order valence-electron chi connectivity index (χ0n) is 11.0. The Bertz CT molecular complexity index is 322. The molecule has 4 nitrogen and oxygen atoms in total. The van der Waals surface area contributed by atoms with E-state index in [4.69, 9.17) is 5.73 Å². The summed E-state index contributed by atoms with van der Waals surface area (Å²) in [7, 11) is 0. The van der Waals surface area contributed by atoms with Gasteiger partial charge in [0.05, 0.1) is 12.1 Å². The first-order valence-corrected chi connectivity index (χ1v) is 6.00. The van der Waals surface area contributed by atoms with E-state index in [1.165, 1.54) is 9.80 Å². The van der Waals surface area contributed by atoms with Crippen molar-refractivity contribution in [2.24, 2.45) is 5.73 Å². The fourth-order valence-corrected chi connectivity index (χ4v) is 1.88. The zero-order chi connectivity index (χ0) is 14.8. The number of carbonyl (C=O) groups excluding carboxylic acids is 1. The molecule has 0 unspecified atom stereocenters. The maximum atomic E-state index is 12.9. The average Bonchev–Trinajstić information content (AvgIpc) is 2.27. The molecule has 0 aromatic carbocycles.